The van der Waals surface area contributed by atoms with Crippen molar-refractivity contribution in [1.29, 1.82) is 0 Å². The predicted octanol–water partition coefficient (Wildman–Crippen LogP) is 5.89. The third-order valence-corrected chi connectivity index (χ3v) is 6.13. The van der Waals surface area contributed by atoms with Crippen LogP contribution in [0.2, 0.25) is 0 Å². The lowest BCUT2D eigenvalue weighted by Crippen LogP contribution is -2.38. The van der Waals surface area contributed by atoms with E-state index in [0.29, 0.717) is 25.3 Å². The number of aromatic nitrogens is 1. The molecule has 3 aromatic rings. The number of hydrogen-bond donors (Lipinski definition) is 1. The first-order valence-corrected chi connectivity index (χ1v) is 13.4. The Labute approximate surface area is 220 Å². The number of oxazole rings is 1. The zero-order chi connectivity index (χ0) is 26.2. The van der Waals surface area contributed by atoms with Crippen molar-refractivity contribution in [3.8, 4) is 17.2 Å². The lowest BCUT2D eigenvalue weighted by Gasteiger charge is -2.32. The number of piperidine rings is 1. The minimum absolute atomic E-state index is 0.121. The van der Waals surface area contributed by atoms with E-state index in [4.69, 9.17) is 23.4 Å². The van der Waals surface area contributed by atoms with Crippen molar-refractivity contribution >= 4 is 17.1 Å². The molecule has 0 atom stereocenters. The molecule has 2 aromatic carbocycles. The largest absolute Gasteiger partial charge is 0.493 e. The first kappa shape index (κ1) is 27.1. The average Bonchev–Trinajstić information content (AvgIpc) is 3.23. The van der Waals surface area contributed by atoms with Crippen LogP contribution in [0.1, 0.15) is 52.5 Å². The molecular formula is C29H41N3O5. The van der Waals surface area contributed by atoms with Crippen molar-refractivity contribution < 1.29 is 23.4 Å². The van der Waals surface area contributed by atoms with Crippen molar-refractivity contribution in [2.75, 3.05) is 38.7 Å². The molecule has 8 heteroatoms. The smallest absolute Gasteiger partial charge is 0.295 e. The van der Waals surface area contributed by atoms with E-state index in [1.54, 1.807) is 7.11 Å². The standard InChI is InChI=1S/C29H41N3O5/c1-20(2)35-25-15-22(16-26(17-25)36-21(3)4)19-32-11-9-23(10-12-32)30-29-31-27-18-24(7-8-28(27)37-29)34-14-6-13-33-5/h7-8,15-18,20-21,23H,6,9-14,19H2,1-5H3,(H,30,31). The second-order valence-corrected chi connectivity index (χ2v) is 10.2. The summed E-state index contributed by atoms with van der Waals surface area (Å²) in [4.78, 5) is 7.12. The normalized spacial score (nSPS) is 15.0. The number of anilines is 1. The summed E-state index contributed by atoms with van der Waals surface area (Å²) in [5, 5.41) is 3.49. The highest BCUT2D eigenvalue weighted by molar-refractivity contribution is 5.76. The van der Waals surface area contributed by atoms with Crippen LogP contribution in [0.5, 0.6) is 17.2 Å². The van der Waals surface area contributed by atoms with Gasteiger partial charge in [0.15, 0.2) is 5.58 Å². The zero-order valence-corrected chi connectivity index (χ0v) is 22.8. The fraction of sp³-hybridized carbons (Fsp3) is 0.552. The van der Waals surface area contributed by atoms with Crippen molar-refractivity contribution in [2.45, 2.75) is 71.8 Å². The van der Waals surface area contributed by atoms with Gasteiger partial charge in [-0.2, -0.15) is 4.98 Å². The van der Waals surface area contributed by atoms with Gasteiger partial charge in [0.1, 0.15) is 22.8 Å². The number of rotatable bonds is 13. The fourth-order valence-electron chi connectivity index (χ4n) is 4.52. The van der Waals surface area contributed by atoms with E-state index in [2.05, 4.69) is 27.3 Å². The SMILES string of the molecule is COCCCOc1ccc2oc(NC3CCN(Cc4cc(OC(C)C)cc(OC(C)C)c4)CC3)nc2c1. The molecular weight excluding hydrogens is 470 g/mol. The van der Waals surface area contributed by atoms with Gasteiger partial charge < -0.3 is 28.7 Å². The highest BCUT2D eigenvalue weighted by atomic mass is 16.5. The van der Waals surface area contributed by atoms with E-state index >= 15 is 0 Å². The summed E-state index contributed by atoms with van der Waals surface area (Å²) in [6.07, 6.45) is 3.13. The Bertz CT molecular complexity index is 1090. The molecule has 0 unspecified atom stereocenters. The number of nitrogens with zero attached hydrogens (tertiary/aromatic N) is 2. The van der Waals surface area contributed by atoms with Crippen molar-refractivity contribution in [3.05, 3.63) is 42.0 Å². The van der Waals surface area contributed by atoms with Crippen molar-refractivity contribution in [3.63, 3.8) is 0 Å². The van der Waals surface area contributed by atoms with Gasteiger partial charge in [0, 0.05) is 57.9 Å². The number of ether oxygens (including phenoxy) is 4. The molecule has 202 valence electrons. The highest BCUT2D eigenvalue weighted by Crippen LogP contribution is 2.28. The maximum atomic E-state index is 5.97. The second kappa shape index (κ2) is 13.0. The quantitative estimate of drug-likeness (QED) is 0.285. The van der Waals surface area contributed by atoms with E-state index in [0.717, 1.165) is 67.2 Å². The van der Waals surface area contributed by atoms with Gasteiger partial charge in [-0.1, -0.05) is 0 Å². The topological polar surface area (TPSA) is 78.2 Å². The summed E-state index contributed by atoms with van der Waals surface area (Å²) in [6, 6.07) is 12.9. The molecule has 0 spiro atoms. The van der Waals surface area contributed by atoms with Gasteiger partial charge in [0.2, 0.25) is 0 Å². The molecule has 1 N–H and O–H groups in total. The molecule has 0 saturated carbocycles. The zero-order valence-electron chi connectivity index (χ0n) is 22.8. The van der Waals surface area contributed by atoms with Crippen molar-refractivity contribution in [2.24, 2.45) is 0 Å². The lowest BCUT2D eigenvalue weighted by molar-refractivity contribution is 0.172. The summed E-state index contributed by atoms with van der Waals surface area (Å²) in [5.41, 5.74) is 2.76. The summed E-state index contributed by atoms with van der Waals surface area (Å²) in [5.74, 6) is 2.51. The average molecular weight is 512 g/mol. The highest BCUT2D eigenvalue weighted by Gasteiger charge is 2.21. The van der Waals surface area contributed by atoms with Gasteiger partial charge in [-0.25, -0.2) is 0 Å². The Hall–Kier alpha value is -2.97. The van der Waals surface area contributed by atoms with Crippen LogP contribution in [0, 0.1) is 0 Å². The lowest BCUT2D eigenvalue weighted by atomic mass is 10.0. The molecule has 1 aliphatic heterocycles. The molecule has 1 saturated heterocycles. The van der Waals surface area contributed by atoms with Crippen LogP contribution in [0.3, 0.4) is 0 Å². The van der Waals surface area contributed by atoms with Gasteiger partial charge in [-0.15, -0.1) is 0 Å². The first-order valence-electron chi connectivity index (χ1n) is 13.4. The summed E-state index contributed by atoms with van der Waals surface area (Å²) >= 11 is 0. The van der Waals surface area contributed by atoms with Gasteiger partial charge >= 0.3 is 0 Å². The van der Waals surface area contributed by atoms with Gasteiger partial charge in [0.05, 0.1) is 18.8 Å². The van der Waals surface area contributed by atoms with Gasteiger partial charge in [-0.05, 0) is 70.4 Å². The number of fused-ring (bicyclic) bond motifs is 1. The molecule has 1 aliphatic rings. The number of benzene rings is 2. The molecule has 37 heavy (non-hydrogen) atoms. The molecule has 0 amide bonds. The molecule has 0 radical (unpaired) electrons. The Balaban J connectivity index is 1.30. The van der Waals surface area contributed by atoms with Crippen LogP contribution >= 0.6 is 0 Å². The van der Waals surface area contributed by atoms with Crippen LogP contribution in [0.15, 0.2) is 40.8 Å². The van der Waals surface area contributed by atoms with E-state index in [-0.39, 0.29) is 12.2 Å². The third kappa shape index (κ3) is 8.27. The Morgan fingerprint density at radius 3 is 2.30 bits per heavy atom. The van der Waals surface area contributed by atoms with E-state index in [1.165, 1.54) is 5.56 Å². The monoisotopic (exact) mass is 511 g/mol. The third-order valence-electron chi connectivity index (χ3n) is 6.13. The van der Waals surface area contributed by atoms with Crippen LogP contribution in [0.25, 0.3) is 11.1 Å². The summed E-state index contributed by atoms with van der Waals surface area (Å²) < 4.78 is 28.7. The molecule has 4 rings (SSSR count). The number of nitrogens with one attached hydrogen (secondary N) is 1. The van der Waals surface area contributed by atoms with Gasteiger partial charge in [0.25, 0.3) is 6.01 Å². The van der Waals surface area contributed by atoms with Crippen LogP contribution in [-0.4, -0.2) is 61.5 Å². The van der Waals surface area contributed by atoms with E-state index < -0.39 is 0 Å². The number of methoxy groups -OCH3 is 1. The first-order chi connectivity index (χ1) is 17.9. The Morgan fingerprint density at radius 1 is 0.946 bits per heavy atom. The summed E-state index contributed by atoms with van der Waals surface area (Å²) in [7, 11) is 1.70. The van der Waals surface area contributed by atoms with E-state index in [9.17, 15) is 0 Å². The second-order valence-electron chi connectivity index (χ2n) is 10.2. The molecule has 0 aliphatic carbocycles. The molecule has 2 heterocycles. The maximum absolute atomic E-state index is 5.97. The molecule has 0 bridgehead atoms. The Kier molecular flexibility index (Phi) is 9.52. The number of likely N-dealkylation sites (tertiary alicyclic amines) is 1. The van der Waals surface area contributed by atoms with Crippen molar-refractivity contribution in [1.82, 2.24) is 9.88 Å². The van der Waals surface area contributed by atoms with E-state index in [1.807, 2.05) is 52.0 Å². The maximum Gasteiger partial charge on any atom is 0.295 e. The summed E-state index contributed by atoms with van der Waals surface area (Å²) in [6.45, 7) is 12.3. The van der Waals surface area contributed by atoms with Crippen LogP contribution in [-0.2, 0) is 11.3 Å². The van der Waals surface area contributed by atoms with Crippen LogP contribution < -0.4 is 19.5 Å². The minimum Gasteiger partial charge on any atom is -0.493 e. The minimum atomic E-state index is 0.121. The number of hydrogen-bond acceptors (Lipinski definition) is 8. The fourth-order valence-corrected chi connectivity index (χ4v) is 4.52. The molecule has 8 nitrogen and oxygen atoms in total. The van der Waals surface area contributed by atoms with Gasteiger partial charge in [-0.3, -0.25) is 4.90 Å². The van der Waals surface area contributed by atoms with Crippen LogP contribution in [0.4, 0.5) is 6.01 Å². The Morgan fingerprint density at radius 2 is 1.65 bits per heavy atom. The predicted molar refractivity (Wildman–Crippen MR) is 146 cm³/mol. The molecule has 1 aromatic heterocycles. The molecule has 1 fully saturated rings.